The van der Waals surface area contributed by atoms with E-state index < -0.39 is 0 Å². The molecule has 0 saturated heterocycles. The Morgan fingerprint density at radius 1 is 1.31 bits per heavy atom. The van der Waals surface area contributed by atoms with Crippen LogP contribution in [0.5, 0.6) is 0 Å². The first-order valence-corrected chi connectivity index (χ1v) is 4.73. The van der Waals surface area contributed by atoms with E-state index in [0.29, 0.717) is 0 Å². The van der Waals surface area contributed by atoms with Crippen LogP contribution < -0.4 is 5.32 Å². The van der Waals surface area contributed by atoms with Crippen molar-refractivity contribution in [1.29, 1.82) is 0 Å². The van der Waals surface area contributed by atoms with Gasteiger partial charge in [0.05, 0.1) is 0 Å². The van der Waals surface area contributed by atoms with Gasteiger partial charge in [-0.1, -0.05) is 23.7 Å². The number of halogens is 2. The molecule has 0 unspecified atom stereocenters. The molecule has 2 rings (SSSR count). The molecular formula is C10H13Cl2N. The number of fused-ring (bicyclic) bond motifs is 1. The van der Waals surface area contributed by atoms with E-state index in [0.717, 1.165) is 24.5 Å². The molecule has 0 atom stereocenters. The molecule has 1 aromatic rings. The van der Waals surface area contributed by atoms with Crippen molar-refractivity contribution < 1.29 is 0 Å². The molecule has 1 aliphatic rings. The average Bonchev–Trinajstić information content (AvgIpc) is 2.30. The highest BCUT2D eigenvalue weighted by molar-refractivity contribution is 6.31. The number of rotatable bonds is 0. The normalized spacial score (nSPS) is 15.5. The van der Waals surface area contributed by atoms with Gasteiger partial charge in [0.2, 0.25) is 0 Å². The molecule has 72 valence electrons. The molecule has 0 radical (unpaired) electrons. The quantitative estimate of drug-likeness (QED) is 0.706. The van der Waals surface area contributed by atoms with E-state index in [4.69, 9.17) is 11.6 Å². The standard InChI is InChI=1S/C10H12ClN.ClH/c11-10-5-1-3-8-4-2-6-12-7-9(8)10;/h1,3,5,12H,2,4,6-7H2;1H. The summed E-state index contributed by atoms with van der Waals surface area (Å²) in [6.07, 6.45) is 2.37. The minimum absolute atomic E-state index is 0. The van der Waals surface area contributed by atoms with Crippen LogP contribution >= 0.6 is 24.0 Å². The summed E-state index contributed by atoms with van der Waals surface area (Å²) in [7, 11) is 0. The molecule has 3 heteroatoms. The first kappa shape index (κ1) is 10.8. The third kappa shape index (κ3) is 2.37. The summed E-state index contributed by atoms with van der Waals surface area (Å²) in [6.45, 7) is 2.03. The van der Waals surface area contributed by atoms with Gasteiger partial charge in [0, 0.05) is 11.6 Å². The second-order valence-corrected chi connectivity index (χ2v) is 3.57. The van der Waals surface area contributed by atoms with Crippen LogP contribution in [0.3, 0.4) is 0 Å². The highest BCUT2D eigenvalue weighted by Gasteiger charge is 2.09. The number of nitrogens with one attached hydrogen (secondary N) is 1. The van der Waals surface area contributed by atoms with Crippen LogP contribution in [0.25, 0.3) is 0 Å². The molecule has 0 aromatic heterocycles. The molecule has 0 saturated carbocycles. The van der Waals surface area contributed by atoms with Crippen molar-refractivity contribution >= 4 is 24.0 Å². The van der Waals surface area contributed by atoms with Crippen molar-refractivity contribution in [3.63, 3.8) is 0 Å². The molecule has 0 fully saturated rings. The van der Waals surface area contributed by atoms with Crippen molar-refractivity contribution in [2.24, 2.45) is 0 Å². The van der Waals surface area contributed by atoms with Gasteiger partial charge >= 0.3 is 0 Å². The maximum Gasteiger partial charge on any atom is 0.0453 e. The summed E-state index contributed by atoms with van der Waals surface area (Å²) in [5.41, 5.74) is 2.70. The summed E-state index contributed by atoms with van der Waals surface area (Å²) < 4.78 is 0. The van der Waals surface area contributed by atoms with Gasteiger partial charge in [-0.05, 0) is 36.6 Å². The minimum Gasteiger partial charge on any atom is -0.313 e. The fourth-order valence-electron chi connectivity index (χ4n) is 1.65. The molecule has 1 N–H and O–H groups in total. The molecule has 1 aliphatic heterocycles. The lowest BCUT2D eigenvalue weighted by molar-refractivity contribution is 0.681. The van der Waals surface area contributed by atoms with Crippen molar-refractivity contribution in [3.05, 3.63) is 34.3 Å². The van der Waals surface area contributed by atoms with Gasteiger partial charge in [-0.3, -0.25) is 0 Å². The largest absolute Gasteiger partial charge is 0.313 e. The Morgan fingerprint density at radius 2 is 2.15 bits per heavy atom. The van der Waals surface area contributed by atoms with Crippen molar-refractivity contribution in [2.75, 3.05) is 6.54 Å². The third-order valence-electron chi connectivity index (χ3n) is 2.32. The first-order valence-electron chi connectivity index (χ1n) is 4.35. The summed E-state index contributed by atoms with van der Waals surface area (Å²) in [5.74, 6) is 0. The second kappa shape index (κ2) is 4.85. The zero-order chi connectivity index (χ0) is 8.39. The lowest BCUT2D eigenvalue weighted by Crippen LogP contribution is -2.12. The lowest BCUT2D eigenvalue weighted by Gasteiger charge is -2.06. The topological polar surface area (TPSA) is 12.0 Å². The van der Waals surface area contributed by atoms with E-state index in [1.165, 1.54) is 17.5 Å². The van der Waals surface area contributed by atoms with E-state index in [-0.39, 0.29) is 12.4 Å². The van der Waals surface area contributed by atoms with Gasteiger partial charge in [0.1, 0.15) is 0 Å². The molecule has 1 heterocycles. The average molecular weight is 218 g/mol. The zero-order valence-electron chi connectivity index (χ0n) is 7.35. The molecule has 0 amide bonds. The molecule has 1 nitrogen and oxygen atoms in total. The lowest BCUT2D eigenvalue weighted by atomic mass is 10.0. The van der Waals surface area contributed by atoms with Gasteiger partial charge in [0.15, 0.2) is 0 Å². The molecular weight excluding hydrogens is 205 g/mol. The molecule has 1 aromatic carbocycles. The highest BCUT2D eigenvalue weighted by atomic mass is 35.5. The Hall–Kier alpha value is -0.240. The van der Waals surface area contributed by atoms with Crippen molar-refractivity contribution in [2.45, 2.75) is 19.4 Å². The molecule has 0 bridgehead atoms. The van der Waals surface area contributed by atoms with E-state index in [1.807, 2.05) is 12.1 Å². The third-order valence-corrected chi connectivity index (χ3v) is 2.67. The van der Waals surface area contributed by atoms with Crippen LogP contribution in [0.4, 0.5) is 0 Å². The molecule has 13 heavy (non-hydrogen) atoms. The SMILES string of the molecule is Cl.Clc1cccc2c1CNCCC2. The number of benzene rings is 1. The van der Waals surface area contributed by atoms with Crippen molar-refractivity contribution in [3.8, 4) is 0 Å². The van der Waals surface area contributed by atoms with Crippen LogP contribution in [0.1, 0.15) is 17.5 Å². The summed E-state index contributed by atoms with van der Waals surface area (Å²) in [5, 5.41) is 4.26. The molecule has 0 spiro atoms. The van der Waals surface area contributed by atoms with Crippen LogP contribution in [0.15, 0.2) is 18.2 Å². The Balaban J connectivity index is 0.000000845. The second-order valence-electron chi connectivity index (χ2n) is 3.16. The predicted molar refractivity (Wildman–Crippen MR) is 58.7 cm³/mol. The Bertz CT molecular complexity index is 286. The smallest absolute Gasteiger partial charge is 0.0453 e. The molecule has 0 aliphatic carbocycles. The first-order chi connectivity index (χ1) is 5.88. The van der Waals surface area contributed by atoms with Gasteiger partial charge in [-0.2, -0.15) is 0 Å². The van der Waals surface area contributed by atoms with Crippen LogP contribution in [0, 0.1) is 0 Å². The van der Waals surface area contributed by atoms with E-state index in [2.05, 4.69) is 11.4 Å². The van der Waals surface area contributed by atoms with E-state index in [9.17, 15) is 0 Å². The monoisotopic (exact) mass is 217 g/mol. The van der Waals surface area contributed by atoms with Gasteiger partial charge in [-0.25, -0.2) is 0 Å². The summed E-state index contributed by atoms with van der Waals surface area (Å²) in [4.78, 5) is 0. The number of hydrogen-bond donors (Lipinski definition) is 1. The van der Waals surface area contributed by atoms with Gasteiger partial charge in [0.25, 0.3) is 0 Å². The summed E-state index contributed by atoms with van der Waals surface area (Å²) >= 11 is 6.07. The summed E-state index contributed by atoms with van der Waals surface area (Å²) in [6, 6.07) is 6.17. The Labute approximate surface area is 89.9 Å². The maximum atomic E-state index is 6.07. The fraction of sp³-hybridized carbons (Fsp3) is 0.400. The fourth-order valence-corrected chi connectivity index (χ4v) is 1.91. The van der Waals surface area contributed by atoms with Crippen LogP contribution in [-0.2, 0) is 13.0 Å². The Kier molecular flexibility index (Phi) is 4.04. The number of aryl methyl sites for hydroxylation is 1. The van der Waals surface area contributed by atoms with Crippen LogP contribution in [-0.4, -0.2) is 6.54 Å². The Morgan fingerprint density at radius 3 is 3.00 bits per heavy atom. The number of hydrogen-bond acceptors (Lipinski definition) is 1. The van der Waals surface area contributed by atoms with Crippen LogP contribution in [0.2, 0.25) is 5.02 Å². The minimum atomic E-state index is 0. The zero-order valence-corrected chi connectivity index (χ0v) is 8.92. The van der Waals surface area contributed by atoms with Gasteiger partial charge < -0.3 is 5.32 Å². The van der Waals surface area contributed by atoms with Gasteiger partial charge in [-0.15, -0.1) is 12.4 Å². The maximum absolute atomic E-state index is 6.07. The highest BCUT2D eigenvalue weighted by Crippen LogP contribution is 2.22. The predicted octanol–water partition coefficient (Wildman–Crippen LogP) is 2.80. The van der Waals surface area contributed by atoms with E-state index in [1.54, 1.807) is 0 Å². The van der Waals surface area contributed by atoms with Crippen molar-refractivity contribution in [1.82, 2.24) is 5.32 Å². The van der Waals surface area contributed by atoms with E-state index >= 15 is 0 Å².